The van der Waals surface area contributed by atoms with Gasteiger partial charge in [0.25, 0.3) is 0 Å². The lowest BCUT2D eigenvalue weighted by Crippen LogP contribution is -2.47. The molecule has 0 aromatic heterocycles. The molecule has 2 rings (SSSR count). The van der Waals surface area contributed by atoms with E-state index in [-0.39, 0.29) is 6.04 Å². The van der Waals surface area contributed by atoms with E-state index in [1.165, 1.54) is 0 Å². The Morgan fingerprint density at radius 1 is 1.40 bits per heavy atom. The van der Waals surface area contributed by atoms with Crippen molar-refractivity contribution in [1.82, 2.24) is 9.62 Å². The number of morpholine rings is 1. The zero-order chi connectivity index (χ0) is 14.6. The van der Waals surface area contributed by atoms with Crippen LogP contribution < -0.4 is 5.32 Å². The van der Waals surface area contributed by atoms with Crippen LogP contribution in [0, 0.1) is 0 Å². The summed E-state index contributed by atoms with van der Waals surface area (Å²) < 4.78 is 32.5. The number of ether oxygens (including phenoxy) is 1. The molecule has 1 atom stereocenters. The standard InChI is InChI=1S/C14H22N2O3S/c1-3-15-10-13-6-4-5-7-14(13)20(17,18)16-8-9-19-11-12(16)2/h4-7,12,15H,3,8-11H2,1-2H3. The summed E-state index contributed by atoms with van der Waals surface area (Å²) in [4.78, 5) is 0.398. The van der Waals surface area contributed by atoms with E-state index in [2.05, 4.69) is 5.32 Å². The highest BCUT2D eigenvalue weighted by molar-refractivity contribution is 7.89. The third-order valence-corrected chi connectivity index (χ3v) is 5.55. The van der Waals surface area contributed by atoms with Gasteiger partial charge in [0, 0.05) is 19.1 Å². The number of rotatable bonds is 5. The normalized spacial score (nSPS) is 21.0. The van der Waals surface area contributed by atoms with Crippen LogP contribution in [-0.4, -0.2) is 45.1 Å². The van der Waals surface area contributed by atoms with Crippen molar-refractivity contribution >= 4 is 10.0 Å². The Balaban J connectivity index is 2.33. The molecule has 1 fully saturated rings. The molecular weight excluding hydrogens is 276 g/mol. The van der Waals surface area contributed by atoms with Gasteiger partial charge in [-0.05, 0) is 25.1 Å². The van der Waals surface area contributed by atoms with Crippen LogP contribution in [0.4, 0.5) is 0 Å². The quantitative estimate of drug-likeness (QED) is 0.887. The van der Waals surface area contributed by atoms with Crippen molar-refractivity contribution in [2.24, 2.45) is 0 Å². The molecule has 20 heavy (non-hydrogen) atoms. The maximum Gasteiger partial charge on any atom is 0.243 e. The van der Waals surface area contributed by atoms with Gasteiger partial charge in [-0.1, -0.05) is 25.1 Å². The van der Waals surface area contributed by atoms with E-state index in [1.54, 1.807) is 16.4 Å². The smallest absolute Gasteiger partial charge is 0.243 e. The highest BCUT2D eigenvalue weighted by Crippen LogP contribution is 2.23. The fraction of sp³-hybridized carbons (Fsp3) is 0.571. The molecule has 1 N–H and O–H groups in total. The maximum atomic E-state index is 12.8. The molecule has 0 radical (unpaired) electrons. The summed E-state index contributed by atoms with van der Waals surface area (Å²) in [5.41, 5.74) is 0.813. The molecule has 1 aliphatic rings. The monoisotopic (exact) mass is 298 g/mol. The zero-order valence-electron chi connectivity index (χ0n) is 12.0. The van der Waals surface area contributed by atoms with Crippen molar-refractivity contribution in [3.8, 4) is 0 Å². The first-order chi connectivity index (χ1) is 9.57. The van der Waals surface area contributed by atoms with Crippen LogP contribution in [-0.2, 0) is 21.3 Å². The van der Waals surface area contributed by atoms with Crippen LogP contribution in [0.15, 0.2) is 29.2 Å². The first-order valence-electron chi connectivity index (χ1n) is 6.95. The van der Waals surface area contributed by atoms with Crippen molar-refractivity contribution in [1.29, 1.82) is 0 Å². The number of benzene rings is 1. The molecule has 0 saturated carbocycles. The Labute approximate surface area is 121 Å². The second-order valence-electron chi connectivity index (χ2n) is 4.93. The number of sulfonamides is 1. The molecule has 1 aliphatic heterocycles. The van der Waals surface area contributed by atoms with Crippen molar-refractivity contribution in [3.63, 3.8) is 0 Å². The summed E-state index contributed by atoms with van der Waals surface area (Å²) in [6.07, 6.45) is 0. The second kappa shape index (κ2) is 6.67. The first-order valence-corrected chi connectivity index (χ1v) is 8.39. The summed E-state index contributed by atoms with van der Waals surface area (Å²) >= 11 is 0. The topological polar surface area (TPSA) is 58.6 Å². The highest BCUT2D eigenvalue weighted by Gasteiger charge is 2.32. The zero-order valence-corrected chi connectivity index (χ0v) is 12.8. The summed E-state index contributed by atoms with van der Waals surface area (Å²) in [6, 6.07) is 7.06. The Morgan fingerprint density at radius 2 is 2.15 bits per heavy atom. The fourth-order valence-electron chi connectivity index (χ4n) is 2.36. The molecule has 1 aromatic rings. The van der Waals surface area contributed by atoms with E-state index in [4.69, 9.17) is 4.74 Å². The van der Waals surface area contributed by atoms with Gasteiger partial charge in [-0.2, -0.15) is 4.31 Å². The van der Waals surface area contributed by atoms with Gasteiger partial charge in [0.15, 0.2) is 0 Å². The Kier molecular flexibility index (Phi) is 5.15. The lowest BCUT2D eigenvalue weighted by atomic mass is 10.2. The van der Waals surface area contributed by atoms with E-state index >= 15 is 0 Å². The lowest BCUT2D eigenvalue weighted by Gasteiger charge is -2.32. The van der Waals surface area contributed by atoms with Gasteiger partial charge in [0.2, 0.25) is 10.0 Å². The molecule has 0 aliphatic carbocycles. The molecule has 112 valence electrons. The highest BCUT2D eigenvalue weighted by atomic mass is 32.2. The van der Waals surface area contributed by atoms with Gasteiger partial charge in [-0.15, -0.1) is 0 Å². The summed E-state index contributed by atoms with van der Waals surface area (Å²) in [6.45, 7) is 6.57. The minimum Gasteiger partial charge on any atom is -0.378 e. The van der Waals surface area contributed by atoms with E-state index in [1.807, 2.05) is 26.0 Å². The summed E-state index contributed by atoms with van der Waals surface area (Å²) in [7, 11) is -3.46. The third-order valence-electron chi connectivity index (χ3n) is 3.43. The molecule has 0 amide bonds. The van der Waals surface area contributed by atoms with Crippen LogP contribution in [0.1, 0.15) is 19.4 Å². The fourth-order valence-corrected chi connectivity index (χ4v) is 4.18. The molecule has 1 saturated heterocycles. The maximum absolute atomic E-state index is 12.8. The number of hydrogen-bond acceptors (Lipinski definition) is 4. The molecule has 1 aromatic carbocycles. The predicted molar refractivity (Wildman–Crippen MR) is 78.0 cm³/mol. The predicted octanol–water partition coefficient (Wildman–Crippen LogP) is 1.21. The Morgan fingerprint density at radius 3 is 2.85 bits per heavy atom. The number of nitrogens with zero attached hydrogens (tertiary/aromatic N) is 1. The molecule has 6 heteroatoms. The molecule has 1 heterocycles. The van der Waals surface area contributed by atoms with Gasteiger partial charge in [0.05, 0.1) is 18.1 Å². The SMILES string of the molecule is CCNCc1ccccc1S(=O)(=O)N1CCOCC1C. The lowest BCUT2D eigenvalue weighted by molar-refractivity contribution is 0.0392. The van der Waals surface area contributed by atoms with Gasteiger partial charge >= 0.3 is 0 Å². The third kappa shape index (κ3) is 3.20. The average Bonchev–Trinajstić information content (AvgIpc) is 2.45. The minimum atomic E-state index is -3.46. The van der Waals surface area contributed by atoms with Crippen LogP contribution in [0.5, 0.6) is 0 Å². The Hall–Kier alpha value is -0.950. The van der Waals surface area contributed by atoms with Crippen molar-refractivity contribution < 1.29 is 13.2 Å². The van der Waals surface area contributed by atoms with Gasteiger partial charge in [-0.25, -0.2) is 8.42 Å². The van der Waals surface area contributed by atoms with Crippen molar-refractivity contribution in [2.75, 3.05) is 26.3 Å². The average molecular weight is 298 g/mol. The number of hydrogen-bond donors (Lipinski definition) is 1. The molecule has 5 nitrogen and oxygen atoms in total. The van der Waals surface area contributed by atoms with Crippen molar-refractivity contribution in [2.45, 2.75) is 31.3 Å². The Bertz CT molecular complexity index is 545. The molecule has 1 unspecified atom stereocenters. The molecular formula is C14H22N2O3S. The van der Waals surface area contributed by atoms with E-state index in [0.29, 0.717) is 31.2 Å². The minimum absolute atomic E-state index is 0.124. The largest absolute Gasteiger partial charge is 0.378 e. The van der Waals surface area contributed by atoms with Crippen LogP contribution in [0.3, 0.4) is 0 Å². The van der Waals surface area contributed by atoms with E-state index in [9.17, 15) is 8.42 Å². The molecule has 0 spiro atoms. The van der Waals surface area contributed by atoms with Gasteiger partial charge in [-0.3, -0.25) is 0 Å². The van der Waals surface area contributed by atoms with Gasteiger partial charge < -0.3 is 10.1 Å². The molecule has 0 bridgehead atoms. The number of nitrogens with one attached hydrogen (secondary N) is 1. The van der Waals surface area contributed by atoms with Crippen LogP contribution in [0.2, 0.25) is 0 Å². The van der Waals surface area contributed by atoms with E-state index < -0.39 is 10.0 Å². The summed E-state index contributed by atoms with van der Waals surface area (Å²) in [5.74, 6) is 0. The van der Waals surface area contributed by atoms with Crippen molar-refractivity contribution in [3.05, 3.63) is 29.8 Å². The van der Waals surface area contributed by atoms with Crippen LogP contribution >= 0.6 is 0 Å². The van der Waals surface area contributed by atoms with E-state index in [0.717, 1.165) is 12.1 Å². The van der Waals surface area contributed by atoms with Crippen LogP contribution in [0.25, 0.3) is 0 Å². The second-order valence-corrected chi connectivity index (χ2v) is 6.79. The summed E-state index contributed by atoms with van der Waals surface area (Å²) in [5, 5.41) is 3.18. The van der Waals surface area contributed by atoms with Gasteiger partial charge in [0.1, 0.15) is 0 Å². The first kappa shape index (κ1) is 15.4.